The van der Waals surface area contributed by atoms with Crippen molar-refractivity contribution in [1.29, 1.82) is 0 Å². The molecule has 1 aromatic carbocycles. The number of ether oxygens (including phenoxy) is 1. The molecule has 6 heteroatoms. The Morgan fingerprint density at radius 3 is 3.00 bits per heavy atom. The van der Waals surface area contributed by atoms with Crippen LogP contribution in [0.1, 0.15) is 12.0 Å². The van der Waals surface area contributed by atoms with Crippen LogP contribution in [0.25, 0.3) is 0 Å². The quantitative estimate of drug-likeness (QED) is 0.804. The van der Waals surface area contributed by atoms with Crippen LogP contribution in [0.5, 0.6) is 0 Å². The Balaban J connectivity index is 1.63. The highest BCUT2D eigenvalue weighted by molar-refractivity contribution is 5.73. The third-order valence-electron chi connectivity index (χ3n) is 3.93. The molecule has 1 aliphatic rings. The minimum Gasteiger partial charge on any atom is -0.383 e. The molecule has 1 atom stereocenters. The maximum atomic E-state index is 13.4. The Bertz CT molecular complexity index is 484. The molecule has 1 aliphatic heterocycles. The molecule has 122 valence electrons. The second-order valence-electron chi connectivity index (χ2n) is 5.60. The van der Waals surface area contributed by atoms with E-state index >= 15 is 0 Å². The number of methoxy groups -OCH3 is 1. The van der Waals surface area contributed by atoms with Gasteiger partial charge in [0.25, 0.3) is 0 Å². The Morgan fingerprint density at radius 2 is 2.23 bits per heavy atom. The summed E-state index contributed by atoms with van der Waals surface area (Å²) in [5, 5.41) is 5.55. The topological polar surface area (TPSA) is 53.6 Å². The number of carbonyl (C=O) groups excluding carboxylic acids is 1. The van der Waals surface area contributed by atoms with Gasteiger partial charge in [-0.05, 0) is 24.9 Å². The zero-order chi connectivity index (χ0) is 15.8. The molecule has 0 bridgehead atoms. The molecular weight excluding hydrogens is 285 g/mol. The van der Waals surface area contributed by atoms with Crippen molar-refractivity contribution < 1.29 is 13.9 Å². The minimum atomic E-state index is -0.299. The molecule has 0 saturated carbocycles. The lowest BCUT2D eigenvalue weighted by Gasteiger charge is -2.15. The molecule has 1 heterocycles. The standard InChI is InChI=1S/C16H24FN3O2/c1-22-9-8-20-7-6-13(12-20)10-18-16(21)19-11-14-4-2-3-5-15(14)17/h2-5,13H,6-12H2,1H3,(H2,18,19,21). The molecule has 22 heavy (non-hydrogen) atoms. The van der Waals surface area contributed by atoms with Gasteiger partial charge >= 0.3 is 6.03 Å². The summed E-state index contributed by atoms with van der Waals surface area (Å²) >= 11 is 0. The number of likely N-dealkylation sites (tertiary alicyclic amines) is 1. The molecule has 2 N–H and O–H groups in total. The summed E-state index contributed by atoms with van der Waals surface area (Å²) in [7, 11) is 1.70. The lowest BCUT2D eigenvalue weighted by atomic mass is 10.1. The monoisotopic (exact) mass is 309 g/mol. The van der Waals surface area contributed by atoms with Crippen LogP contribution < -0.4 is 10.6 Å². The number of halogens is 1. The van der Waals surface area contributed by atoms with E-state index in [-0.39, 0.29) is 18.4 Å². The number of carbonyl (C=O) groups is 1. The molecule has 5 nitrogen and oxygen atoms in total. The summed E-state index contributed by atoms with van der Waals surface area (Å²) in [6.07, 6.45) is 1.08. The molecule has 2 rings (SSSR count). The van der Waals surface area contributed by atoms with Gasteiger partial charge in [-0.15, -0.1) is 0 Å². The predicted molar refractivity (Wildman–Crippen MR) is 83.1 cm³/mol. The van der Waals surface area contributed by atoms with E-state index in [1.54, 1.807) is 25.3 Å². The highest BCUT2D eigenvalue weighted by Gasteiger charge is 2.22. The number of nitrogens with zero attached hydrogens (tertiary/aromatic N) is 1. The fraction of sp³-hybridized carbons (Fsp3) is 0.562. The first-order valence-corrected chi connectivity index (χ1v) is 7.65. The van der Waals surface area contributed by atoms with Crippen LogP contribution in [0.3, 0.4) is 0 Å². The summed E-state index contributed by atoms with van der Waals surface area (Å²) in [5.74, 6) is 0.170. The van der Waals surface area contributed by atoms with Crippen molar-refractivity contribution in [3.63, 3.8) is 0 Å². The number of hydrogen-bond acceptors (Lipinski definition) is 3. The van der Waals surface area contributed by atoms with Gasteiger partial charge in [-0.1, -0.05) is 18.2 Å². The van der Waals surface area contributed by atoms with Gasteiger partial charge in [0.05, 0.1) is 6.61 Å². The van der Waals surface area contributed by atoms with E-state index in [0.29, 0.717) is 18.0 Å². The van der Waals surface area contributed by atoms with Crippen LogP contribution in [-0.4, -0.2) is 50.8 Å². The van der Waals surface area contributed by atoms with Crippen molar-refractivity contribution in [3.8, 4) is 0 Å². The number of hydrogen-bond donors (Lipinski definition) is 2. The highest BCUT2D eigenvalue weighted by Crippen LogP contribution is 2.14. The van der Waals surface area contributed by atoms with E-state index in [2.05, 4.69) is 15.5 Å². The maximum Gasteiger partial charge on any atom is 0.315 e. The van der Waals surface area contributed by atoms with Gasteiger partial charge in [-0.2, -0.15) is 0 Å². The minimum absolute atomic E-state index is 0.198. The molecule has 1 aromatic rings. The van der Waals surface area contributed by atoms with E-state index in [1.165, 1.54) is 6.07 Å². The number of nitrogens with one attached hydrogen (secondary N) is 2. The zero-order valence-corrected chi connectivity index (χ0v) is 13.0. The molecule has 1 unspecified atom stereocenters. The van der Waals surface area contributed by atoms with E-state index in [1.807, 2.05) is 0 Å². The van der Waals surface area contributed by atoms with Crippen molar-refractivity contribution >= 4 is 6.03 Å². The predicted octanol–water partition coefficient (Wildman–Crippen LogP) is 1.59. The third-order valence-corrected chi connectivity index (χ3v) is 3.93. The number of urea groups is 1. The highest BCUT2D eigenvalue weighted by atomic mass is 19.1. The molecule has 1 saturated heterocycles. The van der Waals surface area contributed by atoms with E-state index in [9.17, 15) is 9.18 Å². The largest absolute Gasteiger partial charge is 0.383 e. The van der Waals surface area contributed by atoms with Crippen LogP contribution in [0.4, 0.5) is 9.18 Å². The van der Waals surface area contributed by atoms with Gasteiger partial charge in [-0.3, -0.25) is 0 Å². The smallest absolute Gasteiger partial charge is 0.315 e. The molecule has 1 fully saturated rings. The summed E-state index contributed by atoms with van der Waals surface area (Å²) in [4.78, 5) is 14.1. The summed E-state index contributed by atoms with van der Waals surface area (Å²) < 4.78 is 18.5. The van der Waals surface area contributed by atoms with Gasteiger partial charge in [0.2, 0.25) is 0 Å². The van der Waals surface area contributed by atoms with Crippen molar-refractivity contribution in [3.05, 3.63) is 35.6 Å². The van der Waals surface area contributed by atoms with Gasteiger partial charge in [0.15, 0.2) is 0 Å². The third kappa shape index (κ3) is 5.27. The Labute approximate surface area is 130 Å². The lowest BCUT2D eigenvalue weighted by Crippen LogP contribution is -2.38. The zero-order valence-electron chi connectivity index (χ0n) is 13.0. The fourth-order valence-electron chi connectivity index (χ4n) is 2.62. The number of amides is 2. The molecule has 0 radical (unpaired) electrons. The normalized spacial score (nSPS) is 18.4. The molecule has 0 spiro atoms. The lowest BCUT2D eigenvalue weighted by molar-refractivity contribution is 0.159. The summed E-state index contributed by atoms with van der Waals surface area (Å²) in [6, 6.07) is 6.19. The average molecular weight is 309 g/mol. The van der Waals surface area contributed by atoms with E-state index in [0.717, 1.165) is 32.7 Å². The number of rotatable bonds is 7. The van der Waals surface area contributed by atoms with Crippen LogP contribution in [0.2, 0.25) is 0 Å². The van der Waals surface area contributed by atoms with Crippen molar-refractivity contribution in [1.82, 2.24) is 15.5 Å². The summed E-state index contributed by atoms with van der Waals surface area (Å²) in [6.45, 7) is 4.55. The van der Waals surface area contributed by atoms with Gasteiger partial charge in [0, 0.05) is 38.9 Å². The van der Waals surface area contributed by atoms with Crippen LogP contribution >= 0.6 is 0 Å². The van der Waals surface area contributed by atoms with Gasteiger partial charge < -0.3 is 20.3 Å². The molecular formula is C16H24FN3O2. The van der Waals surface area contributed by atoms with E-state index < -0.39 is 0 Å². The Hall–Kier alpha value is -1.66. The van der Waals surface area contributed by atoms with E-state index in [4.69, 9.17) is 4.74 Å². The second kappa shape index (κ2) is 8.70. The van der Waals surface area contributed by atoms with Crippen LogP contribution in [0.15, 0.2) is 24.3 Å². The number of benzene rings is 1. The first-order chi connectivity index (χ1) is 10.7. The van der Waals surface area contributed by atoms with Crippen LogP contribution in [-0.2, 0) is 11.3 Å². The van der Waals surface area contributed by atoms with Gasteiger partial charge in [-0.25, -0.2) is 9.18 Å². The Kier molecular flexibility index (Phi) is 6.61. The van der Waals surface area contributed by atoms with Crippen LogP contribution in [0, 0.1) is 11.7 Å². The maximum absolute atomic E-state index is 13.4. The first kappa shape index (κ1) is 16.7. The van der Waals surface area contributed by atoms with Crippen molar-refractivity contribution in [2.75, 3.05) is 39.9 Å². The first-order valence-electron chi connectivity index (χ1n) is 7.65. The molecule has 0 aromatic heterocycles. The molecule has 0 aliphatic carbocycles. The van der Waals surface area contributed by atoms with Crippen molar-refractivity contribution in [2.45, 2.75) is 13.0 Å². The van der Waals surface area contributed by atoms with Crippen molar-refractivity contribution in [2.24, 2.45) is 5.92 Å². The SMILES string of the molecule is COCCN1CCC(CNC(=O)NCc2ccccc2F)C1. The molecule has 2 amide bonds. The average Bonchev–Trinajstić information content (AvgIpc) is 2.98. The van der Waals surface area contributed by atoms with Gasteiger partial charge in [0.1, 0.15) is 5.82 Å². The summed E-state index contributed by atoms with van der Waals surface area (Å²) in [5.41, 5.74) is 0.490. The fourth-order valence-corrected chi connectivity index (χ4v) is 2.62. The second-order valence-corrected chi connectivity index (χ2v) is 5.60. The Morgan fingerprint density at radius 1 is 1.41 bits per heavy atom.